The van der Waals surface area contributed by atoms with Crippen LogP contribution in [0.5, 0.6) is 17.2 Å². The predicted molar refractivity (Wildman–Crippen MR) is 121 cm³/mol. The first kappa shape index (κ1) is 23.7. The van der Waals surface area contributed by atoms with Gasteiger partial charge in [-0.25, -0.2) is 0 Å². The minimum Gasteiger partial charge on any atom is -0.465 e. The van der Waals surface area contributed by atoms with Crippen LogP contribution in [0.2, 0.25) is 0 Å². The van der Waals surface area contributed by atoms with Crippen molar-refractivity contribution in [1.29, 1.82) is 0 Å². The van der Waals surface area contributed by atoms with Crippen LogP contribution < -0.4 is 14.2 Å². The molecular weight excluding hydrogens is 448 g/mol. The number of ether oxygens (including phenoxy) is 6. The van der Waals surface area contributed by atoms with E-state index in [9.17, 15) is 9.59 Å². The summed E-state index contributed by atoms with van der Waals surface area (Å²) in [6.07, 6.45) is 2.44. The maximum atomic E-state index is 13.8. The zero-order valence-corrected chi connectivity index (χ0v) is 19.8. The van der Waals surface area contributed by atoms with Crippen LogP contribution >= 0.6 is 11.8 Å². The van der Waals surface area contributed by atoms with Crippen LogP contribution in [0.1, 0.15) is 33.6 Å². The number of allylic oxidation sites excluding steroid dienone is 2. The lowest BCUT2D eigenvalue weighted by Crippen LogP contribution is -2.34. The molecule has 9 heteroatoms. The van der Waals surface area contributed by atoms with E-state index in [1.165, 1.54) is 11.8 Å². The Balaban J connectivity index is 1.69. The molecule has 1 aliphatic carbocycles. The molecule has 4 rings (SSSR count). The lowest BCUT2D eigenvalue weighted by Gasteiger charge is -2.25. The molecule has 0 fully saturated rings. The fourth-order valence-electron chi connectivity index (χ4n) is 4.05. The highest BCUT2D eigenvalue weighted by Gasteiger charge is 2.45. The van der Waals surface area contributed by atoms with Gasteiger partial charge in [-0.1, -0.05) is 17.8 Å². The van der Waals surface area contributed by atoms with Gasteiger partial charge in [0.2, 0.25) is 6.79 Å². The average molecular weight is 477 g/mol. The standard InChI is InChI=1S/C24H28O8S/c1-4-27-22(26)21-15-8-7-9-16(23(28-5-2)29-6-3)20(25)19(15)24(33-21)32-14-10-11-17-18(12-14)31-13-30-17/h8,10-12,16,21,23H,4-7,9,13H2,1-3H3. The average Bonchev–Trinajstić information content (AvgIpc) is 3.36. The highest BCUT2D eigenvalue weighted by Crippen LogP contribution is 2.47. The number of rotatable bonds is 9. The van der Waals surface area contributed by atoms with E-state index >= 15 is 0 Å². The molecule has 1 aromatic carbocycles. The van der Waals surface area contributed by atoms with Gasteiger partial charge in [0.05, 0.1) is 18.1 Å². The van der Waals surface area contributed by atoms with Gasteiger partial charge in [-0.05, 0) is 51.3 Å². The van der Waals surface area contributed by atoms with Crippen LogP contribution in [0, 0.1) is 5.92 Å². The van der Waals surface area contributed by atoms with Crippen molar-refractivity contribution in [2.45, 2.75) is 45.2 Å². The smallest absolute Gasteiger partial charge is 0.324 e. The number of benzene rings is 1. The molecule has 0 radical (unpaired) electrons. The maximum absolute atomic E-state index is 13.8. The molecule has 178 valence electrons. The monoisotopic (exact) mass is 476 g/mol. The molecule has 0 bridgehead atoms. The summed E-state index contributed by atoms with van der Waals surface area (Å²) in [5.74, 6) is 0.625. The van der Waals surface area contributed by atoms with Crippen molar-refractivity contribution in [2.75, 3.05) is 26.6 Å². The van der Waals surface area contributed by atoms with Crippen LogP contribution in [0.25, 0.3) is 0 Å². The van der Waals surface area contributed by atoms with Crippen molar-refractivity contribution >= 4 is 23.5 Å². The summed E-state index contributed by atoms with van der Waals surface area (Å²) >= 11 is 1.19. The second-order valence-electron chi connectivity index (χ2n) is 7.52. The Morgan fingerprint density at radius 2 is 1.88 bits per heavy atom. The Labute approximate surface area is 197 Å². The van der Waals surface area contributed by atoms with Crippen molar-refractivity contribution in [3.63, 3.8) is 0 Å². The summed E-state index contributed by atoms with van der Waals surface area (Å²) in [5, 5.41) is -0.300. The molecule has 0 saturated heterocycles. The molecule has 0 amide bonds. The minimum atomic E-state index is -0.663. The van der Waals surface area contributed by atoms with E-state index in [-0.39, 0.29) is 19.2 Å². The van der Waals surface area contributed by atoms with E-state index in [0.717, 1.165) is 0 Å². The molecule has 33 heavy (non-hydrogen) atoms. The normalized spacial score (nSPS) is 21.7. The SMILES string of the molecule is CCOC(=O)C1SC(Oc2ccc3c(c2)OCO3)=C2C(=O)C(C(OCC)OCC)CCC=C21. The molecule has 2 heterocycles. The van der Waals surface area contributed by atoms with Gasteiger partial charge >= 0.3 is 5.97 Å². The van der Waals surface area contributed by atoms with Gasteiger partial charge in [0, 0.05) is 19.3 Å². The van der Waals surface area contributed by atoms with Crippen LogP contribution in [-0.2, 0) is 23.8 Å². The Morgan fingerprint density at radius 3 is 2.61 bits per heavy atom. The number of hydrogen-bond acceptors (Lipinski definition) is 9. The van der Waals surface area contributed by atoms with Crippen LogP contribution in [0.4, 0.5) is 0 Å². The Hall–Kier alpha value is -2.49. The number of thioether (sulfide) groups is 1. The maximum Gasteiger partial charge on any atom is 0.324 e. The molecule has 0 saturated carbocycles. The first-order valence-corrected chi connectivity index (χ1v) is 12.1. The zero-order valence-electron chi connectivity index (χ0n) is 19.0. The Bertz CT molecular complexity index is 963. The van der Waals surface area contributed by atoms with Crippen molar-refractivity contribution in [3.8, 4) is 17.2 Å². The van der Waals surface area contributed by atoms with E-state index in [0.29, 0.717) is 59.5 Å². The highest BCUT2D eigenvalue weighted by molar-refractivity contribution is 8.04. The number of Topliss-reactive ketones (excluding diaryl/α,β-unsaturated/α-hetero) is 1. The third kappa shape index (κ3) is 4.90. The van der Waals surface area contributed by atoms with Gasteiger partial charge in [0.15, 0.2) is 28.7 Å². The van der Waals surface area contributed by atoms with Gasteiger partial charge in [-0.15, -0.1) is 0 Å². The van der Waals surface area contributed by atoms with Crippen LogP contribution in [-0.4, -0.2) is 49.9 Å². The summed E-state index contributed by atoms with van der Waals surface area (Å²) in [6, 6.07) is 5.20. The van der Waals surface area contributed by atoms with Crippen LogP contribution in [0.3, 0.4) is 0 Å². The van der Waals surface area contributed by atoms with E-state index in [1.807, 2.05) is 19.9 Å². The van der Waals surface area contributed by atoms with Gasteiger partial charge in [-0.2, -0.15) is 0 Å². The molecule has 2 aliphatic heterocycles. The summed E-state index contributed by atoms with van der Waals surface area (Å²) in [4.78, 5) is 26.5. The zero-order chi connectivity index (χ0) is 23.4. The van der Waals surface area contributed by atoms with Gasteiger partial charge < -0.3 is 28.4 Å². The Kier molecular flexibility index (Phi) is 7.62. The molecule has 8 nitrogen and oxygen atoms in total. The molecule has 3 aliphatic rings. The highest BCUT2D eigenvalue weighted by atomic mass is 32.2. The van der Waals surface area contributed by atoms with Crippen molar-refractivity contribution in [1.82, 2.24) is 0 Å². The van der Waals surface area contributed by atoms with Gasteiger partial charge in [0.1, 0.15) is 11.0 Å². The fraction of sp³-hybridized carbons (Fsp3) is 0.500. The lowest BCUT2D eigenvalue weighted by molar-refractivity contribution is -0.173. The third-order valence-electron chi connectivity index (χ3n) is 5.47. The van der Waals surface area contributed by atoms with E-state index in [4.69, 9.17) is 28.4 Å². The van der Waals surface area contributed by atoms with Gasteiger partial charge in [0.25, 0.3) is 0 Å². The molecular formula is C24H28O8S. The van der Waals surface area contributed by atoms with E-state index in [1.54, 1.807) is 25.1 Å². The molecule has 2 unspecified atom stereocenters. The molecule has 0 spiro atoms. The van der Waals surface area contributed by atoms with Crippen LogP contribution in [0.15, 0.2) is 40.5 Å². The predicted octanol–water partition coefficient (Wildman–Crippen LogP) is 3.99. The third-order valence-corrected chi connectivity index (χ3v) is 6.65. The number of ketones is 1. The van der Waals surface area contributed by atoms with Gasteiger partial charge in [-0.3, -0.25) is 9.59 Å². The van der Waals surface area contributed by atoms with Crippen molar-refractivity contribution in [2.24, 2.45) is 5.92 Å². The topological polar surface area (TPSA) is 89.5 Å². The summed E-state index contributed by atoms with van der Waals surface area (Å²) in [7, 11) is 0. The number of esters is 1. The largest absolute Gasteiger partial charge is 0.465 e. The van der Waals surface area contributed by atoms with E-state index < -0.39 is 23.4 Å². The summed E-state index contributed by atoms with van der Waals surface area (Å²) < 4.78 is 33.7. The lowest BCUT2D eigenvalue weighted by atomic mass is 9.92. The first-order chi connectivity index (χ1) is 16.1. The second-order valence-corrected chi connectivity index (χ2v) is 8.59. The number of hydrogen-bond donors (Lipinski definition) is 0. The van der Waals surface area contributed by atoms with Crippen molar-refractivity contribution in [3.05, 3.63) is 40.5 Å². The molecule has 0 N–H and O–H groups in total. The number of carbonyl (C=O) groups is 2. The Morgan fingerprint density at radius 1 is 1.12 bits per heavy atom. The number of carbonyl (C=O) groups excluding carboxylic acids is 2. The summed E-state index contributed by atoms with van der Waals surface area (Å²) in [6.45, 7) is 6.75. The quantitative estimate of drug-likeness (QED) is 0.388. The second kappa shape index (κ2) is 10.6. The molecule has 0 aromatic heterocycles. The summed E-state index contributed by atoms with van der Waals surface area (Å²) in [5.41, 5.74) is 1.02. The number of fused-ring (bicyclic) bond motifs is 2. The van der Waals surface area contributed by atoms with E-state index in [2.05, 4.69) is 0 Å². The molecule has 1 aromatic rings. The van der Waals surface area contributed by atoms with Crippen molar-refractivity contribution < 1.29 is 38.0 Å². The molecule has 2 atom stereocenters. The first-order valence-electron chi connectivity index (χ1n) is 11.2. The fourth-order valence-corrected chi connectivity index (χ4v) is 5.25. The minimum absolute atomic E-state index is 0.149.